The van der Waals surface area contributed by atoms with Gasteiger partial charge in [0, 0.05) is 0 Å². The smallest absolute Gasteiger partial charge is 0.00147 e. The average molecular weight is 273 g/mol. The van der Waals surface area contributed by atoms with Crippen LogP contribution in [0.15, 0.2) is 24.3 Å². The number of benzene rings is 1. The molecule has 1 aliphatic carbocycles. The second-order valence-corrected chi connectivity index (χ2v) is 6.56. The fraction of sp³-hybridized carbons (Fsp3) is 0.684. The number of nitrogens with one attached hydrogen (secondary N) is 1. The highest BCUT2D eigenvalue weighted by Crippen LogP contribution is 2.31. The van der Waals surface area contributed by atoms with E-state index < -0.39 is 0 Å². The van der Waals surface area contributed by atoms with Gasteiger partial charge in [0.05, 0.1) is 0 Å². The second-order valence-electron chi connectivity index (χ2n) is 6.56. The lowest BCUT2D eigenvalue weighted by molar-refractivity contribution is 0.240. The van der Waals surface area contributed by atoms with Gasteiger partial charge in [-0.2, -0.15) is 0 Å². The van der Waals surface area contributed by atoms with Gasteiger partial charge >= 0.3 is 0 Å². The number of aryl methyl sites for hydroxylation is 1. The Bertz CT molecular complexity index is 379. The Hall–Kier alpha value is -0.820. The summed E-state index contributed by atoms with van der Waals surface area (Å²) in [4.78, 5) is 0. The fourth-order valence-electron chi connectivity index (χ4n) is 3.62. The van der Waals surface area contributed by atoms with Crippen LogP contribution in [0.25, 0.3) is 0 Å². The van der Waals surface area contributed by atoms with E-state index in [9.17, 15) is 0 Å². The molecule has 2 rings (SSSR count). The van der Waals surface area contributed by atoms with Gasteiger partial charge in [-0.25, -0.2) is 0 Å². The Balaban J connectivity index is 1.97. The van der Waals surface area contributed by atoms with Crippen molar-refractivity contribution in [3.8, 4) is 0 Å². The van der Waals surface area contributed by atoms with E-state index in [2.05, 4.69) is 43.4 Å². The predicted molar refractivity (Wildman–Crippen MR) is 88.1 cm³/mol. The molecule has 1 nitrogen and oxygen atoms in total. The lowest BCUT2D eigenvalue weighted by Crippen LogP contribution is -2.31. The van der Waals surface area contributed by atoms with Crippen molar-refractivity contribution >= 4 is 0 Å². The summed E-state index contributed by atoms with van der Waals surface area (Å²) in [6.45, 7) is 6.82. The zero-order chi connectivity index (χ0) is 14.2. The van der Waals surface area contributed by atoms with Crippen molar-refractivity contribution < 1.29 is 0 Å². The number of rotatable bonds is 7. The summed E-state index contributed by atoms with van der Waals surface area (Å²) in [7, 11) is 0. The van der Waals surface area contributed by atoms with Crippen LogP contribution < -0.4 is 5.32 Å². The maximum atomic E-state index is 3.67. The van der Waals surface area contributed by atoms with Crippen LogP contribution in [0, 0.1) is 18.8 Å². The molecule has 0 bridgehead atoms. The SMILES string of the molecule is CCCNCC(Cc1cccc(C)c1)C1CCCCC1. The summed E-state index contributed by atoms with van der Waals surface area (Å²) in [6, 6.07) is 9.09. The van der Waals surface area contributed by atoms with Crippen LogP contribution in [0.2, 0.25) is 0 Å². The minimum atomic E-state index is 0.823. The molecule has 20 heavy (non-hydrogen) atoms. The van der Waals surface area contributed by atoms with Crippen molar-refractivity contribution in [2.45, 2.75) is 58.8 Å². The van der Waals surface area contributed by atoms with Gasteiger partial charge in [-0.15, -0.1) is 0 Å². The van der Waals surface area contributed by atoms with Crippen molar-refractivity contribution in [3.63, 3.8) is 0 Å². The molecule has 1 heteroatoms. The van der Waals surface area contributed by atoms with Gasteiger partial charge in [-0.05, 0) is 50.3 Å². The van der Waals surface area contributed by atoms with Gasteiger partial charge in [0.25, 0.3) is 0 Å². The summed E-state index contributed by atoms with van der Waals surface area (Å²) >= 11 is 0. The summed E-state index contributed by atoms with van der Waals surface area (Å²) in [5, 5.41) is 3.67. The molecule has 0 aliphatic heterocycles. The van der Waals surface area contributed by atoms with Crippen molar-refractivity contribution in [2.24, 2.45) is 11.8 Å². The molecule has 0 heterocycles. The molecule has 0 aromatic heterocycles. The predicted octanol–water partition coefficient (Wildman–Crippen LogP) is 4.73. The van der Waals surface area contributed by atoms with Crippen molar-refractivity contribution in [1.82, 2.24) is 5.32 Å². The maximum Gasteiger partial charge on any atom is -0.00147 e. The normalized spacial score (nSPS) is 18.1. The fourth-order valence-corrected chi connectivity index (χ4v) is 3.62. The highest BCUT2D eigenvalue weighted by Gasteiger charge is 2.23. The molecule has 1 aliphatic rings. The molecule has 1 aromatic carbocycles. The van der Waals surface area contributed by atoms with E-state index in [0.717, 1.165) is 18.4 Å². The Labute approximate surface area is 125 Å². The first-order chi connectivity index (χ1) is 9.79. The molecule has 112 valence electrons. The van der Waals surface area contributed by atoms with Crippen molar-refractivity contribution in [2.75, 3.05) is 13.1 Å². The summed E-state index contributed by atoms with van der Waals surface area (Å²) in [5.41, 5.74) is 2.92. The molecule has 0 spiro atoms. The van der Waals surface area contributed by atoms with Crippen LogP contribution >= 0.6 is 0 Å². The lowest BCUT2D eigenvalue weighted by atomic mass is 9.77. The van der Waals surface area contributed by atoms with Crippen molar-refractivity contribution in [1.29, 1.82) is 0 Å². The number of hydrogen-bond acceptors (Lipinski definition) is 1. The van der Waals surface area contributed by atoms with Crippen molar-refractivity contribution in [3.05, 3.63) is 35.4 Å². The molecule has 1 unspecified atom stereocenters. The van der Waals surface area contributed by atoms with Gasteiger partial charge in [-0.1, -0.05) is 68.9 Å². The summed E-state index contributed by atoms with van der Waals surface area (Å²) < 4.78 is 0. The quantitative estimate of drug-likeness (QED) is 0.708. The summed E-state index contributed by atoms with van der Waals surface area (Å²) in [6.07, 6.45) is 9.74. The Morgan fingerprint density at radius 1 is 1.20 bits per heavy atom. The van der Waals surface area contributed by atoms with E-state index in [4.69, 9.17) is 0 Å². The van der Waals surface area contributed by atoms with Gasteiger partial charge in [0.1, 0.15) is 0 Å². The Morgan fingerprint density at radius 2 is 2.00 bits per heavy atom. The Kier molecular flexibility index (Phi) is 6.59. The third-order valence-corrected chi connectivity index (χ3v) is 4.73. The van der Waals surface area contributed by atoms with Crippen LogP contribution in [-0.2, 0) is 6.42 Å². The van der Waals surface area contributed by atoms with Gasteiger partial charge in [0.2, 0.25) is 0 Å². The Morgan fingerprint density at radius 3 is 2.70 bits per heavy atom. The molecule has 1 saturated carbocycles. The van der Waals surface area contributed by atoms with Crippen LogP contribution in [-0.4, -0.2) is 13.1 Å². The molecule has 0 saturated heterocycles. The zero-order valence-electron chi connectivity index (χ0n) is 13.3. The molecule has 1 atom stereocenters. The van der Waals surface area contributed by atoms with Gasteiger partial charge in [0.15, 0.2) is 0 Å². The first-order valence-corrected chi connectivity index (χ1v) is 8.56. The highest BCUT2D eigenvalue weighted by molar-refractivity contribution is 5.22. The number of hydrogen-bond donors (Lipinski definition) is 1. The molecular formula is C19H31N. The first kappa shape index (κ1) is 15.6. The second kappa shape index (κ2) is 8.46. The monoisotopic (exact) mass is 273 g/mol. The minimum absolute atomic E-state index is 0.823. The minimum Gasteiger partial charge on any atom is -0.316 e. The largest absolute Gasteiger partial charge is 0.316 e. The average Bonchev–Trinajstić information content (AvgIpc) is 2.47. The van der Waals surface area contributed by atoms with Crippen LogP contribution in [0.4, 0.5) is 0 Å². The van der Waals surface area contributed by atoms with E-state index in [-0.39, 0.29) is 0 Å². The topological polar surface area (TPSA) is 12.0 Å². The molecule has 1 N–H and O–H groups in total. The summed E-state index contributed by atoms with van der Waals surface area (Å²) in [5.74, 6) is 1.76. The first-order valence-electron chi connectivity index (χ1n) is 8.56. The van der Waals surface area contributed by atoms with E-state index in [1.807, 2.05) is 0 Å². The molecule has 1 aromatic rings. The molecule has 1 fully saturated rings. The highest BCUT2D eigenvalue weighted by atomic mass is 14.9. The molecule has 0 amide bonds. The van der Waals surface area contributed by atoms with Gasteiger partial charge in [-0.3, -0.25) is 0 Å². The zero-order valence-corrected chi connectivity index (χ0v) is 13.3. The molecular weight excluding hydrogens is 242 g/mol. The van der Waals surface area contributed by atoms with E-state index in [1.165, 1.54) is 62.6 Å². The lowest BCUT2D eigenvalue weighted by Gasteiger charge is -2.31. The van der Waals surface area contributed by atoms with Gasteiger partial charge < -0.3 is 5.32 Å². The molecule has 0 radical (unpaired) electrons. The van der Waals surface area contributed by atoms with Crippen LogP contribution in [0.3, 0.4) is 0 Å². The van der Waals surface area contributed by atoms with Crippen LogP contribution in [0.1, 0.15) is 56.6 Å². The third-order valence-electron chi connectivity index (χ3n) is 4.73. The van der Waals surface area contributed by atoms with E-state index in [0.29, 0.717) is 0 Å². The third kappa shape index (κ3) is 4.94. The van der Waals surface area contributed by atoms with E-state index in [1.54, 1.807) is 0 Å². The maximum absolute atomic E-state index is 3.67. The van der Waals surface area contributed by atoms with E-state index >= 15 is 0 Å². The van der Waals surface area contributed by atoms with Crippen LogP contribution in [0.5, 0.6) is 0 Å². The standard InChI is InChI=1S/C19H31N/c1-3-12-20-15-19(18-10-5-4-6-11-18)14-17-9-7-8-16(2)13-17/h7-9,13,18-20H,3-6,10-12,14-15H2,1-2H3.